The summed E-state index contributed by atoms with van der Waals surface area (Å²) >= 11 is 0. The van der Waals surface area contributed by atoms with Crippen molar-refractivity contribution in [1.29, 1.82) is 0 Å². The quantitative estimate of drug-likeness (QED) is 0.762. The highest BCUT2D eigenvalue weighted by Crippen LogP contribution is 2.30. The average molecular weight is 222 g/mol. The van der Waals surface area contributed by atoms with Crippen LogP contribution in [-0.4, -0.2) is 15.7 Å². The van der Waals surface area contributed by atoms with Gasteiger partial charge in [0, 0.05) is 22.5 Å². The van der Waals surface area contributed by atoms with Crippen LogP contribution in [0.1, 0.15) is 18.4 Å². The van der Waals surface area contributed by atoms with Gasteiger partial charge in [-0.25, -0.2) is 0 Å². The van der Waals surface area contributed by atoms with Crippen molar-refractivity contribution in [3.63, 3.8) is 0 Å². The summed E-state index contributed by atoms with van der Waals surface area (Å²) in [5.74, 6) is 1.15. The van der Waals surface area contributed by atoms with E-state index in [1.165, 1.54) is 0 Å². The lowest BCUT2D eigenvalue weighted by Crippen LogP contribution is -2.13. The predicted molar refractivity (Wildman–Crippen MR) is 60.9 cm³/mol. The molecule has 2 rings (SSSR count). The van der Waals surface area contributed by atoms with E-state index in [1.54, 1.807) is 0 Å². The number of rotatable bonds is 5. The summed E-state index contributed by atoms with van der Waals surface area (Å²) in [7, 11) is -1.03. The van der Waals surface area contributed by atoms with E-state index in [1.807, 2.05) is 30.3 Å². The number of hydrogen-bond donors (Lipinski definition) is 0. The van der Waals surface area contributed by atoms with E-state index < -0.39 is 10.8 Å². The molecule has 0 aromatic heterocycles. The van der Waals surface area contributed by atoms with E-state index in [-0.39, 0.29) is 17.5 Å². The van der Waals surface area contributed by atoms with E-state index in [4.69, 9.17) is 0 Å². The molecule has 2 nitrogen and oxygen atoms in total. The number of benzene rings is 1. The second-order valence-electron chi connectivity index (χ2n) is 3.95. The third kappa shape index (κ3) is 3.27. The Kier molecular flexibility index (Phi) is 3.31. The van der Waals surface area contributed by atoms with Gasteiger partial charge in [0.05, 0.1) is 5.75 Å². The maximum absolute atomic E-state index is 11.6. The first kappa shape index (κ1) is 10.6. The van der Waals surface area contributed by atoms with Crippen molar-refractivity contribution >= 4 is 16.6 Å². The number of carbonyl (C=O) groups excluding carboxylic acids is 1. The molecule has 1 aromatic rings. The van der Waals surface area contributed by atoms with E-state index >= 15 is 0 Å². The molecular weight excluding hydrogens is 208 g/mol. The number of ketones is 1. The Hall–Kier alpha value is -0.960. The molecule has 1 aliphatic carbocycles. The van der Waals surface area contributed by atoms with Crippen LogP contribution in [0, 0.1) is 5.92 Å². The van der Waals surface area contributed by atoms with E-state index in [2.05, 4.69) is 0 Å². The van der Waals surface area contributed by atoms with Gasteiger partial charge in [-0.3, -0.25) is 9.00 Å². The van der Waals surface area contributed by atoms with Crippen molar-refractivity contribution in [2.75, 3.05) is 5.75 Å². The van der Waals surface area contributed by atoms with E-state index in [0.717, 1.165) is 18.4 Å². The molecule has 1 fully saturated rings. The fourth-order valence-electron chi connectivity index (χ4n) is 1.49. The zero-order valence-electron chi connectivity index (χ0n) is 8.52. The van der Waals surface area contributed by atoms with Crippen molar-refractivity contribution in [1.82, 2.24) is 0 Å². The van der Waals surface area contributed by atoms with Crippen LogP contribution in [0.2, 0.25) is 0 Å². The average Bonchev–Trinajstić information content (AvgIpc) is 3.01. The van der Waals surface area contributed by atoms with Crippen LogP contribution in [0.3, 0.4) is 0 Å². The molecule has 80 valence electrons. The zero-order chi connectivity index (χ0) is 10.7. The van der Waals surface area contributed by atoms with Gasteiger partial charge in [-0.05, 0) is 18.4 Å². The summed E-state index contributed by atoms with van der Waals surface area (Å²) in [5.41, 5.74) is 1.04. The molecule has 0 spiro atoms. The topological polar surface area (TPSA) is 34.1 Å². The number of hydrogen-bond acceptors (Lipinski definition) is 2. The van der Waals surface area contributed by atoms with Crippen LogP contribution < -0.4 is 0 Å². The monoisotopic (exact) mass is 222 g/mol. The second kappa shape index (κ2) is 4.71. The molecule has 0 saturated heterocycles. The van der Waals surface area contributed by atoms with Gasteiger partial charge in [-0.2, -0.15) is 0 Å². The minimum Gasteiger partial charge on any atom is -0.298 e. The molecule has 15 heavy (non-hydrogen) atoms. The largest absolute Gasteiger partial charge is 0.298 e. The van der Waals surface area contributed by atoms with Crippen LogP contribution >= 0.6 is 0 Å². The molecule has 3 heteroatoms. The Morgan fingerprint density at radius 3 is 2.53 bits per heavy atom. The first-order chi connectivity index (χ1) is 7.25. The normalized spacial score (nSPS) is 17.3. The standard InChI is InChI=1S/C12H14O2S/c13-12(11-6-7-11)9-15(14)8-10-4-2-1-3-5-10/h1-5,11H,6-9H2. The summed E-state index contributed by atoms with van der Waals surface area (Å²) in [6.07, 6.45) is 2.00. The second-order valence-corrected chi connectivity index (χ2v) is 5.41. The third-order valence-electron chi connectivity index (χ3n) is 2.51. The van der Waals surface area contributed by atoms with Crippen molar-refractivity contribution in [3.05, 3.63) is 35.9 Å². The molecule has 0 N–H and O–H groups in total. The van der Waals surface area contributed by atoms with Gasteiger partial charge < -0.3 is 0 Å². The minimum absolute atomic E-state index is 0.185. The highest BCUT2D eigenvalue weighted by Gasteiger charge is 2.30. The molecule has 1 unspecified atom stereocenters. The lowest BCUT2D eigenvalue weighted by molar-refractivity contribution is -0.117. The van der Waals surface area contributed by atoms with Gasteiger partial charge in [0.2, 0.25) is 0 Å². The molecule has 0 bridgehead atoms. The van der Waals surface area contributed by atoms with Crippen molar-refractivity contribution in [3.8, 4) is 0 Å². The van der Waals surface area contributed by atoms with Gasteiger partial charge in [0.1, 0.15) is 5.78 Å². The maximum atomic E-state index is 11.6. The molecule has 0 radical (unpaired) electrons. The first-order valence-electron chi connectivity index (χ1n) is 5.17. The third-order valence-corrected chi connectivity index (χ3v) is 3.77. The smallest absolute Gasteiger partial charge is 0.148 e. The highest BCUT2D eigenvalue weighted by atomic mass is 32.2. The fraction of sp³-hybridized carbons (Fsp3) is 0.417. The molecule has 0 aliphatic heterocycles. The lowest BCUT2D eigenvalue weighted by Gasteiger charge is -2.01. The SMILES string of the molecule is O=C(CS(=O)Cc1ccccc1)C1CC1. The Bertz CT molecular complexity index is 368. The van der Waals surface area contributed by atoms with E-state index in [0.29, 0.717) is 5.75 Å². The van der Waals surface area contributed by atoms with Crippen molar-refractivity contribution < 1.29 is 9.00 Å². The molecule has 0 heterocycles. The van der Waals surface area contributed by atoms with Gasteiger partial charge in [-0.15, -0.1) is 0 Å². The van der Waals surface area contributed by atoms with Gasteiger partial charge in [0.25, 0.3) is 0 Å². The van der Waals surface area contributed by atoms with Gasteiger partial charge >= 0.3 is 0 Å². The van der Waals surface area contributed by atoms with Crippen LogP contribution in [0.25, 0.3) is 0 Å². The van der Waals surface area contributed by atoms with Crippen LogP contribution in [0.15, 0.2) is 30.3 Å². The highest BCUT2D eigenvalue weighted by molar-refractivity contribution is 7.84. The molecule has 1 saturated carbocycles. The van der Waals surface area contributed by atoms with Gasteiger partial charge in [0.15, 0.2) is 0 Å². The minimum atomic E-state index is -1.03. The first-order valence-corrected chi connectivity index (χ1v) is 6.66. The molecule has 1 aliphatic rings. The van der Waals surface area contributed by atoms with Crippen LogP contribution in [-0.2, 0) is 21.3 Å². The molecule has 1 atom stereocenters. The number of carbonyl (C=O) groups is 1. The summed E-state index contributed by atoms with van der Waals surface area (Å²) in [5, 5.41) is 0. The molecule has 0 amide bonds. The van der Waals surface area contributed by atoms with Crippen molar-refractivity contribution in [2.24, 2.45) is 5.92 Å². The van der Waals surface area contributed by atoms with Crippen molar-refractivity contribution in [2.45, 2.75) is 18.6 Å². The summed E-state index contributed by atoms with van der Waals surface area (Å²) < 4.78 is 11.6. The Morgan fingerprint density at radius 1 is 1.27 bits per heavy atom. The Balaban J connectivity index is 1.84. The summed E-state index contributed by atoms with van der Waals surface area (Å²) in [6, 6.07) is 9.67. The maximum Gasteiger partial charge on any atom is 0.148 e. The summed E-state index contributed by atoms with van der Waals surface area (Å²) in [6.45, 7) is 0. The zero-order valence-corrected chi connectivity index (χ0v) is 9.33. The lowest BCUT2D eigenvalue weighted by atomic mass is 10.2. The predicted octanol–water partition coefficient (Wildman–Crippen LogP) is 1.91. The van der Waals surface area contributed by atoms with Crippen LogP contribution in [0.5, 0.6) is 0 Å². The summed E-state index contributed by atoms with van der Waals surface area (Å²) in [4.78, 5) is 11.4. The van der Waals surface area contributed by atoms with E-state index in [9.17, 15) is 9.00 Å². The number of Topliss-reactive ketones (excluding diaryl/α,β-unsaturated/α-hetero) is 1. The Labute approximate surface area is 92.2 Å². The van der Waals surface area contributed by atoms with Gasteiger partial charge in [-0.1, -0.05) is 30.3 Å². The fourth-order valence-corrected chi connectivity index (χ4v) is 2.71. The molecule has 1 aromatic carbocycles. The Morgan fingerprint density at radius 2 is 1.93 bits per heavy atom. The molecular formula is C12H14O2S. The van der Waals surface area contributed by atoms with Crippen LogP contribution in [0.4, 0.5) is 0 Å².